The first kappa shape index (κ1) is 21.7. The summed E-state index contributed by atoms with van der Waals surface area (Å²) in [5.74, 6) is 1.46. The lowest BCUT2D eigenvalue weighted by Crippen LogP contribution is -2.13. The van der Waals surface area contributed by atoms with Crippen molar-refractivity contribution < 1.29 is 13.2 Å². The van der Waals surface area contributed by atoms with Crippen molar-refractivity contribution in [3.8, 4) is 11.1 Å². The van der Waals surface area contributed by atoms with E-state index >= 15 is 0 Å². The zero-order chi connectivity index (χ0) is 20.9. The van der Waals surface area contributed by atoms with Gasteiger partial charge >= 0.3 is 6.18 Å². The Morgan fingerprint density at radius 1 is 0.931 bits per heavy atom. The summed E-state index contributed by atoms with van der Waals surface area (Å²) < 4.78 is 40.0. The maximum atomic E-state index is 13.3. The van der Waals surface area contributed by atoms with Gasteiger partial charge in [-0.15, -0.1) is 0 Å². The second-order valence-electron chi connectivity index (χ2n) is 8.34. The van der Waals surface area contributed by atoms with E-state index in [9.17, 15) is 13.2 Å². The van der Waals surface area contributed by atoms with Crippen LogP contribution in [0.5, 0.6) is 0 Å². The Balaban J connectivity index is 1.68. The standard InChI is InChI=1S/C26H31F3/c1-3-5-6-7-19-8-10-21(11-9-19)22-13-15-23(16-14-22)24-17-12-20(4-2)25(18-24)26(27,28)29/h4,12-19,21H,2-3,5-11H2,1H3. The van der Waals surface area contributed by atoms with Crippen LogP contribution in [0.15, 0.2) is 49.0 Å². The molecule has 0 aromatic heterocycles. The number of hydrogen-bond acceptors (Lipinski definition) is 0. The van der Waals surface area contributed by atoms with Gasteiger partial charge in [0.2, 0.25) is 0 Å². The molecular formula is C26H31F3. The summed E-state index contributed by atoms with van der Waals surface area (Å²) in [5, 5.41) is 0. The average Bonchev–Trinajstić information content (AvgIpc) is 2.73. The highest BCUT2D eigenvalue weighted by molar-refractivity contribution is 5.68. The zero-order valence-electron chi connectivity index (χ0n) is 17.3. The van der Waals surface area contributed by atoms with Gasteiger partial charge in [-0.05, 0) is 65.8 Å². The molecule has 0 aliphatic heterocycles. The summed E-state index contributed by atoms with van der Waals surface area (Å²) in [5.41, 5.74) is 2.22. The molecule has 0 heterocycles. The number of benzene rings is 2. The van der Waals surface area contributed by atoms with Crippen LogP contribution in [0, 0.1) is 5.92 Å². The van der Waals surface area contributed by atoms with Crippen molar-refractivity contribution in [3.05, 3.63) is 65.7 Å². The summed E-state index contributed by atoms with van der Waals surface area (Å²) >= 11 is 0. The number of unbranched alkanes of at least 4 members (excludes halogenated alkanes) is 2. The summed E-state index contributed by atoms with van der Waals surface area (Å²) in [6.45, 7) is 5.75. The Morgan fingerprint density at radius 3 is 2.17 bits per heavy atom. The lowest BCUT2D eigenvalue weighted by molar-refractivity contribution is -0.137. The SMILES string of the molecule is C=Cc1ccc(-c2ccc(C3CCC(CCCCC)CC3)cc2)cc1C(F)(F)F. The Morgan fingerprint density at radius 2 is 1.59 bits per heavy atom. The third-order valence-corrected chi connectivity index (χ3v) is 6.36. The Hall–Kier alpha value is -2.03. The van der Waals surface area contributed by atoms with Crippen LogP contribution >= 0.6 is 0 Å². The van der Waals surface area contributed by atoms with Gasteiger partial charge in [-0.25, -0.2) is 0 Å². The minimum atomic E-state index is -4.38. The molecule has 0 bridgehead atoms. The van der Waals surface area contributed by atoms with Crippen molar-refractivity contribution >= 4 is 6.08 Å². The number of rotatable bonds is 7. The first-order chi connectivity index (χ1) is 13.9. The van der Waals surface area contributed by atoms with Crippen molar-refractivity contribution in [2.24, 2.45) is 5.92 Å². The van der Waals surface area contributed by atoms with Gasteiger partial charge in [0, 0.05) is 0 Å². The van der Waals surface area contributed by atoms with Gasteiger partial charge in [-0.2, -0.15) is 13.2 Å². The highest BCUT2D eigenvalue weighted by atomic mass is 19.4. The van der Waals surface area contributed by atoms with Gasteiger partial charge in [-0.1, -0.05) is 81.7 Å². The molecule has 2 aromatic carbocycles. The summed E-state index contributed by atoms with van der Waals surface area (Å²) in [6.07, 6.45) is 7.26. The first-order valence-electron chi connectivity index (χ1n) is 10.9. The molecule has 0 amide bonds. The van der Waals surface area contributed by atoms with Crippen molar-refractivity contribution in [1.29, 1.82) is 0 Å². The smallest absolute Gasteiger partial charge is 0.166 e. The van der Waals surface area contributed by atoms with Crippen molar-refractivity contribution in [1.82, 2.24) is 0 Å². The van der Waals surface area contributed by atoms with E-state index in [4.69, 9.17) is 0 Å². The normalized spacial score (nSPS) is 19.9. The molecule has 29 heavy (non-hydrogen) atoms. The Labute approximate surface area is 172 Å². The summed E-state index contributed by atoms with van der Waals surface area (Å²) in [7, 11) is 0. The molecule has 156 valence electrons. The third-order valence-electron chi connectivity index (χ3n) is 6.36. The molecule has 0 atom stereocenters. The maximum Gasteiger partial charge on any atom is 0.417 e. The van der Waals surface area contributed by atoms with E-state index in [1.54, 1.807) is 6.07 Å². The fraction of sp³-hybridized carbons (Fsp3) is 0.462. The quantitative estimate of drug-likeness (QED) is 0.407. The lowest BCUT2D eigenvalue weighted by atomic mass is 9.77. The molecule has 1 aliphatic carbocycles. The minimum absolute atomic E-state index is 0.119. The van der Waals surface area contributed by atoms with E-state index in [-0.39, 0.29) is 5.56 Å². The van der Waals surface area contributed by atoms with E-state index in [1.165, 1.54) is 75.1 Å². The predicted molar refractivity (Wildman–Crippen MR) is 116 cm³/mol. The highest BCUT2D eigenvalue weighted by Crippen LogP contribution is 2.39. The molecule has 0 saturated heterocycles. The van der Waals surface area contributed by atoms with E-state index < -0.39 is 11.7 Å². The van der Waals surface area contributed by atoms with E-state index in [0.29, 0.717) is 11.5 Å². The summed E-state index contributed by atoms with van der Waals surface area (Å²) in [6, 6.07) is 12.6. The second kappa shape index (κ2) is 9.65. The number of halogens is 3. The van der Waals surface area contributed by atoms with Gasteiger partial charge in [0.1, 0.15) is 0 Å². The monoisotopic (exact) mass is 400 g/mol. The first-order valence-corrected chi connectivity index (χ1v) is 10.9. The highest BCUT2D eigenvalue weighted by Gasteiger charge is 2.33. The van der Waals surface area contributed by atoms with Gasteiger partial charge < -0.3 is 0 Å². The molecule has 1 fully saturated rings. The van der Waals surface area contributed by atoms with Crippen molar-refractivity contribution in [3.63, 3.8) is 0 Å². The molecule has 2 aromatic rings. The molecule has 0 radical (unpaired) electrons. The molecule has 0 N–H and O–H groups in total. The number of alkyl halides is 3. The van der Waals surface area contributed by atoms with E-state index in [1.807, 2.05) is 12.1 Å². The lowest BCUT2D eigenvalue weighted by Gasteiger charge is -2.29. The van der Waals surface area contributed by atoms with Gasteiger partial charge in [0.25, 0.3) is 0 Å². The molecule has 1 aliphatic rings. The Bertz CT molecular complexity index is 794. The fourth-order valence-electron chi connectivity index (χ4n) is 4.57. The van der Waals surface area contributed by atoms with Crippen LogP contribution in [0.3, 0.4) is 0 Å². The maximum absolute atomic E-state index is 13.3. The molecule has 3 rings (SSSR count). The van der Waals surface area contributed by atoms with Crippen LogP contribution in [-0.2, 0) is 6.18 Å². The molecular weight excluding hydrogens is 369 g/mol. The van der Waals surface area contributed by atoms with Crippen LogP contribution in [0.25, 0.3) is 17.2 Å². The molecule has 1 saturated carbocycles. The largest absolute Gasteiger partial charge is 0.417 e. The minimum Gasteiger partial charge on any atom is -0.166 e. The third kappa shape index (κ3) is 5.52. The van der Waals surface area contributed by atoms with Gasteiger partial charge in [-0.3, -0.25) is 0 Å². The fourth-order valence-corrected chi connectivity index (χ4v) is 4.57. The van der Waals surface area contributed by atoms with Crippen LogP contribution in [-0.4, -0.2) is 0 Å². The molecule has 0 nitrogen and oxygen atoms in total. The van der Waals surface area contributed by atoms with Crippen molar-refractivity contribution in [2.45, 2.75) is 70.4 Å². The van der Waals surface area contributed by atoms with Gasteiger partial charge in [0.05, 0.1) is 5.56 Å². The van der Waals surface area contributed by atoms with Crippen LogP contribution in [0.1, 0.15) is 80.9 Å². The van der Waals surface area contributed by atoms with Crippen LogP contribution < -0.4 is 0 Å². The number of hydrogen-bond donors (Lipinski definition) is 0. The van der Waals surface area contributed by atoms with Gasteiger partial charge in [0.15, 0.2) is 0 Å². The summed E-state index contributed by atoms with van der Waals surface area (Å²) in [4.78, 5) is 0. The molecule has 3 heteroatoms. The zero-order valence-corrected chi connectivity index (χ0v) is 17.3. The average molecular weight is 401 g/mol. The van der Waals surface area contributed by atoms with Crippen LogP contribution in [0.4, 0.5) is 13.2 Å². The predicted octanol–water partition coefficient (Wildman–Crippen LogP) is 8.87. The second-order valence-corrected chi connectivity index (χ2v) is 8.34. The Kier molecular flexibility index (Phi) is 7.21. The van der Waals surface area contributed by atoms with Crippen LogP contribution in [0.2, 0.25) is 0 Å². The molecule has 0 spiro atoms. The molecule has 0 unspecified atom stereocenters. The van der Waals surface area contributed by atoms with E-state index in [0.717, 1.165) is 11.5 Å². The van der Waals surface area contributed by atoms with Crippen molar-refractivity contribution in [2.75, 3.05) is 0 Å². The van der Waals surface area contributed by atoms with E-state index in [2.05, 4.69) is 25.6 Å². The topological polar surface area (TPSA) is 0 Å².